The molecule has 0 radical (unpaired) electrons. The van der Waals surface area contributed by atoms with Crippen LogP contribution in [-0.2, 0) is 17.8 Å². The molecule has 0 spiro atoms. The number of nitrogens with zero attached hydrogens (tertiary/aromatic N) is 1. The highest BCUT2D eigenvalue weighted by Crippen LogP contribution is 2.23. The summed E-state index contributed by atoms with van der Waals surface area (Å²) in [5.74, 6) is 0.0116. The van der Waals surface area contributed by atoms with Crippen LogP contribution in [0.25, 0.3) is 0 Å². The summed E-state index contributed by atoms with van der Waals surface area (Å²) in [5.41, 5.74) is 4.40. The first-order valence-corrected chi connectivity index (χ1v) is 9.57. The second-order valence-electron chi connectivity index (χ2n) is 6.24. The summed E-state index contributed by atoms with van der Waals surface area (Å²) in [4.78, 5) is 20.3. The van der Waals surface area contributed by atoms with Crippen molar-refractivity contribution in [3.63, 3.8) is 0 Å². The second-order valence-corrected chi connectivity index (χ2v) is 7.57. The van der Waals surface area contributed by atoms with Crippen LogP contribution in [0.15, 0.2) is 65.8 Å². The summed E-state index contributed by atoms with van der Waals surface area (Å²) in [5, 5.41) is 3.55. The number of amides is 1. The zero-order valence-electron chi connectivity index (χ0n) is 15.0. The van der Waals surface area contributed by atoms with Gasteiger partial charge >= 0.3 is 0 Å². The smallest absolute Gasteiger partial charge is 0.233 e. The Hall–Kier alpha value is -2.53. The Morgan fingerprint density at radius 3 is 2.35 bits per heavy atom. The number of carbonyl (C=O) groups is 1. The third-order valence-electron chi connectivity index (χ3n) is 4.15. The molecule has 0 saturated heterocycles. The van der Waals surface area contributed by atoms with Crippen LogP contribution in [0.3, 0.4) is 0 Å². The summed E-state index contributed by atoms with van der Waals surface area (Å²) < 4.78 is 0. The van der Waals surface area contributed by atoms with Gasteiger partial charge in [-0.15, -0.1) is 0 Å². The fourth-order valence-corrected chi connectivity index (χ4v) is 3.53. The molecule has 3 rings (SSSR count). The first-order chi connectivity index (χ1) is 12.6. The number of benzene rings is 2. The van der Waals surface area contributed by atoms with Crippen LogP contribution in [0.5, 0.6) is 0 Å². The highest BCUT2D eigenvalue weighted by molar-refractivity contribution is 8.00. The molecular weight excluding hydrogens is 342 g/mol. The highest BCUT2D eigenvalue weighted by Gasteiger charge is 2.17. The van der Waals surface area contributed by atoms with Crippen LogP contribution in [0.2, 0.25) is 0 Å². The van der Waals surface area contributed by atoms with Gasteiger partial charge in [-0.25, -0.2) is 4.98 Å². The van der Waals surface area contributed by atoms with Crippen molar-refractivity contribution in [3.8, 4) is 0 Å². The number of thioether (sulfide) groups is 1. The summed E-state index contributed by atoms with van der Waals surface area (Å²) in [7, 11) is 0. The fourth-order valence-electron chi connectivity index (χ4n) is 2.63. The summed E-state index contributed by atoms with van der Waals surface area (Å²) in [6.45, 7) is 4.47. The molecule has 1 heterocycles. The third-order valence-corrected chi connectivity index (χ3v) is 5.13. The van der Waals surface area contributed by atoms with Gasteiger partial charge in [0.05, 0.1) is 10.9 Å². The maximum absolute atomic E-state index is 12.3. The number of aromatic nitrogens is 2. The molecule has 26 heavy (non-hydrogen) atoms. The lowest BCUT2D eigenvalue weighted by Crippen LogP contribution is -2.30. The monoisotopic (exact) mass is 365 g/mol. The molecule has 0 saturated carbocycles. The molecule has 1 amide bonds. The Bertz CT molecular complexity index is 846. The zero-order valence-corrected chi connectivity index (χ0v) is 15.8. The predicted molar refractivity (Wildman–Crippen MR) is 106 cm³/mol. The fraction of sp³-hybridized carbons (Fsp3) is 0.238. The van der Waals surface area contributed by atoms with Crippen LogP contribution >= 0.6 is 11.8 Å². The van der Waals surface area contributed by atoms with Crippen molar-refractivity contribution < 1.29 is 4.79 Å². The number of aromatic amines is 1. The van der Waals surface area contributed by atoms with Crippen LogP contribution in [0.4, 0.5) is 0 Å². The molecule has 1 aromatic heterocycles. The van der Waals surface area contributed by atoms with Crippen molar-refractivity contribution in [3.05, 3.63) is 83.2 Å². The third kappa shape index (κ3) is 4.99. The van der Waals surface area contributed by atoms with Gasteiger partial charge in [-0.05, 0) is 25.0 Å². The molecule has 0 aliphatic carbocycles. The second kappa shape index (κ2) is 8.72. The van der Waals surface area contributed by atoms with Gasteiger partial charge in [0.25, 0.3) is 0 Å². The Balaban J connectivity index is 1.56. The summed E-state index contributed by atoms with van der Waals surface area (Å²) in [6, 6.07) is 20.2. The standard InChI is InChI=1S/C21H23N3OS/c1-15-19(13-17-9-5-3-6-10-17)24-21(23-15)26-16(2)20(25)22-14-18-11-7-4-8-12-18/h3-12,16H,13-14H2,1-2H3,(H,22,25)(H,23,24)/t16-/m1/s1. The molecule has 0 aliphatic rings. The number of hydrogen-bond donors (Lipinski definition) is 2. The van der Waals surface area contributed by atoms with Crippen molar-refractivity contribution in [2.24, 2.45) is 0 Å². The van der Waals surface area contributed by atoms with E-state index in [9.17, 15) is 4.79 Å². The molecular formula is C21H23N3OS. The molecule has 134 valence electrons. The number of imidazole rings is 1. The molecule has 4 nitrogen and oxygen atoms in total. The molecule has 5 heteroatoms. The maximum Gasteiger partial charge on any atom is 0.233 e. The molecule has 0 aliphatic heterocycles. The Morgan fingerprint density at radius 2 is 1.69 bits per heavy atom. The van der Waals surface area contributed by atoms with Gasteiger partial charge in [-0.2, -0.15) is 0 Å². The van der Waals surface area contributed by atoms with Crippen LogP contribution in [0.1, 0.15) is 29.4 Å². The van der Waals surface area contributed by atoms with Gasteiger partial charge in [0.1, 0.15) is 0 Å². The number of rotatable bonds is 7. The number of carbonyl (C=O) groups excluding carboxylic acids is 1. The molecule has 0 bridgehead atoms. The van der Waals surface area contributed by atoms with Gasteiger partial charge < -0.3 is 10.3 Å². The number of H-pyrrole nitrogens is 1. The minimum absolute atomic E-state index is 0.0116. The average Bonchev–Trinajstić information content (AvgIpc) is 3.00. The Morgan fingerprint density at radius 1 is 1.08 bits per heavy atom. The minimum Gasteiger partial charge on any atom is -0.351 e. The number of aryl methyl sites for hydroxylation is 1. The lowest BCUT2D eigenvalue weighted by molar-refractivity contribution is -0.120. The largest absolute Gasteiger partial charge is 0.351 e. The van der Waals surface area contributed by atoms with Gasteiger partial charge in [-0.1, -0.05) is 72.4 Å². The first kappa shape index (κ1) is 18.3. The predicted octanol–water partition coefficient (Wildman–Crippen LogP) is 4.11. The van der Waals surface area contributed by atoms with E-state index in [-0.39, 0.29) is 11.2 Å². The lowest BCUT2D eigenvalue weighted by Gasteiger charge is -2.10. The Kier molecular flexibility index (Phi) is 6.12. The molecule has 3 aromatic rings. The van der Waals surface area contributed by atoms with Gasteiger partial charge in [0, 0.05) is 18.7 Å². The average molecular weight is 366 g/mol. The lowest BCUT2D eigenvalue weighted by atomic mass is 10.1. The molecule has 2 aromatic carbocycles. The molecule has 0 unspecified atom stereocenters. The molecule has 2 N–H and O–H groups in total. The van der Waals surface area contributed by atoms with Crippen LogP contribution in [0, 0.1) is 6.92 Å². The van der Waals surface area contributed by atoms with E-state index in [0.29, 0.717) is 6.54 Å². The van der Waals surface area contributed by atoms with E-state index < -0.39 is 0 Å². The number of nitrogens with one attached hydrogen (secondary N) is 2. The molecule has 1 atom stereocenters. The van der Waals surface area contributed by atoms with Crippen molar-refractivity contribution in [1.82, 2.24) is 15.3 Å². The zero-order chi connectivity index (χ0) is 18.4. The minimum atomic E-state index is -0.214. The number of hydrogen-bond acceptors (Lipinski definition) is 3. The SMILES string of the molecule is Cc1[nH]c(S[C@H](C)C(=O)NCc2ccccc2)nc1Cc1ccccc1. The quantitative estimate of drug-likeness (QED) is 0.620. The Labute approximate surface area is 158 Å². The van der Waals surface area contributed by atoms with E-state index in [1.54, 1.807) is 0 Å². The molecule has 0 fully saturated rings. The summed E-state index contributed by atoms with van der Waals surface area (Å²) >= 11 is 1.45. The van der Waals surface area contributed by atoms with E-state index in [2.05, 4.69) is 27.4 Å². The first-order valence-electron chi connectivity index (χ1n) is 8.69. The van der Waals surface area contributed by atoms with E-state index in [4.69, 9.17) is 0 Å². The summed E-state index contributed by atoms with van der Waals surface area (Å²) in [6.07, 6.45) is 0.790. The van der Waals surface area contributed by atoms with Crippen molar-refractivity contribution in [2.45, 2.75) is 37.2 Å². The van der Waals surface area contributed by atoms with E-state index in [1.165, 1.54) is 17.3 Å². The topological polar surface area (TPSA) is 57.8 Å². The van der Waals surface area contributed by atoms with Crippen LogP contribution < -0.4 is 5.32 Å². The highest BCUT2D eigenvalue weighted by atomic mass is 32.2. The maximum atomic E-state index is 12.3. The van der Waals surface area contributed by atoms with Crippen LogP contribution in [-0.4, -0.2) is 21.1 Å². The van der Waals surface area contributed by atoms with E-state index in [1.807, 2.05) is 62.4 Å². The van der Waals surface area contributed by atoms with E-state index in [0.717, 1.165) is 28.5 Å². The van der Waals surface area contributed by atoms with Gasteiger partial charge in [0.15, 0.2) is 5.16 Å². The van der Waals surface area contributed by atoms with Gasteiger partial charge in [0.2, 0.25) is 5.91 Å². The van der Waals surface area contributed by atoms with Crippen molar-refractivity contribution >= 4 is 17.7 Å². The normalized spacial score (nSPS) is 11.9. The van der Waals surface area contributed by atoms with E-state index >= 15 is 0 Å². The van der Waals surface area contributed by atoms with Crippen molar-refractivity contribution in [1.29, 1.82) is 0 Å². The van der Waals surface area contributed by atoms with Gasteiger partial charge in [-0.3, -0.25) is 4.79 Å². The van der Waals surface area contributed by atoms with Crippen molar-refractivity contribution in [2.75, 3.05) is 0 Å².